The van der Waals surface area contributed by atoms with E-state index < -0.39 is 0 Å². The molecule has 0 radical (unpaired) electrons. The SMILES string of the molecule is CCCC(=O)NC1(CN2CCN(c3ncccn3)CC2)CC1. The third-order valence-corrected chi connectivity index (χ3v) is 4.47. The third kappa shape index (κ3) is 3.74. The van der Waals surface area contributed by atoms with Crippen LogP contribution in [0.2, 0.25) is 0 Å². The smallest absolute Gasteiger partial charge is 0.225 e. The molecule has 2 heterocycles. The van der Waals surface area contributed by atoms with E-state index in [1.54, 1.807) is 12.4 Å². The van der Waals surface area contributed by atoms with Crippen molar-refractivity contribution >= 4 is 11.9 Å². The molecular weight excluding hydrogens is 278 g/mol. The van der Waals surface area contributed by atoms with E-state index in [1.165, 1.54) is 0 Å². The summed E-state index contributed by atoms with van der Waals surface area (Å²) in [7, 11) is 0. The molecular formula is C16H25N5O. The van der Waals surface area contributed by atoms with Crippen LogP contribution >= 0.6 is 0 Å². The van der Waals surface area contributed by atoms with Gasteiger partial charge in [0.1, 0.15) is 0 Å². The number of nitrogens with one attached hydrogen (secondary N) is 1. The lowest BCUT2D eigenvalue weighted by Crippen LogP contribution is -2.53. The molecule has 1 amide bonds. The molecule has 1 aliphatic heterocycles. The quantitative estimate of drug-likeness (QED) is 0.851. The van der Waals surface area contributed by atoms with Crippen LogP contribution in [0.4, 0.5) is 5.95 Å². The van der Waals surface area contributed by atoms with Crippen LogP contribution < -0.4 is 10.2 Å². The van der Waals surface area contributed by atoms with Crippen LogP contribution in [0.1, 0.15) is 32.6 Å². The minimum absolute atomic E-state index is 0.0532. The molecule has 0 aromatic carbocycles. The van der Waals surface area contributed by atoms with Gasteiger partial charge in [-0.2, -0.15) is 0 Å². The molecule has 0 spiro atoms. The van der Waals surface area contributed by atoms with E-state index in [1.807, 2.05) is 13.0 Å². The Kier molecular flexibility index (Phi) is 4.57. The number of amides is 1. The fourth-order valence-corrected chi connectivity index (χ4v) is 3.05. The molecule has 1 saturated heterocycles. The summed E-state index contributed by atoms with van der Waals surface area (Å²) in [6.07, 6.45) is 7.36. The van der Waals surface area contributed by atoms with Gasteiger partial charge in [0.05, 0.1) is 5.54 Å². The van der Waals surface area contributed by atoms with Gasteiger partial charge in [0, 0.05) is 51.5 Å². The number of piperazine rings is 1. The molecule has 1 aromatic rings. The maximum atomic E-state index is 11.8. The Hall–Kier alpha value is -1.69. The van der Waals surface area contributed by atoms with Gasteiger partial charge in [-0.25, -0.2) is 9.97 Å². The highest BCUT2D eigenvalue weighted by Gasteiger charge is 2.45. The van der Waals surface area contributed by atoms with Crippen molar-refractivity contribution in [1.29, 1.82) is 0 Å². The van der Waals surface area contributed by atoms with Gasteiger partial charge < -0.3 is 10.2 Å². The summed E-state index contributed by atoms with van der Waals surface area (Å²) in [5, 5.41) is 3.24. The average Bonchev–Trinajstić information content (AvgIpc) is 3.28. The predicted octanol–water partition coefficient (Wildman–Crippen LogP) is 1.05. The van der Waals surface area contributed by atoms with Gasteiger partial charge in [-0.15, -0.1) is 0 Å². The molecule has 0 atom stereocenters. The predicted molar refractivity (Wildman–Crippen MR) is 85.7 cm³/mol. The summed E-state index contributed by atoms with van der Waals surface area (Å²) < 4.78 is 0. The van der Waals surface area contributed by atoms with Crippen molar-refractivity contribution in [3.8, 4) is 0 Å². The second kappa shape index (κ2) is 6.60. The maximum absolute atomic E-state index is 11.8. The first-order valence-electron chi connectivity index (χ1n) is 8.26. The van der Waals surface area contributed by atoms with Crippen molar-refractivity contribution in [2.24, 2.45) is 0 Å². The molecule has 1 aliphatic carbocycles. The molecule has 120 valence electrons. The number of aromatic nitrogens is 2. The molecule has 6 heteroatoms. The van der Waals surface area contributed by atoms with Gasteiger partial charge in [0.25, 0.3) is 0 Å². The fourth-order valence-electron chi connectivity index (χ4n) is 3.05. The second-order valence-corrected chi connectivity index (χ2v) is 6.39. The molecule has 2 aliphatic rings. The van der Waals surface area contributed by atoms with Crippen molar-refractivity contribution in [2.75, 3.05) is 37.6 Å². The topological polar surface area (TPSA) is 61.4 Å². The normalized spacial score (nSPS) is 20.7. The van der Waals surface area contributed by atoms with E-state index in [4.69, 9.17) is 0 Å². The lowest BCUT2D eigenvalue weighted by Gasteiger charge is -2.36. The Labute approximate surface area is 131 Å². The Balaban J connectivity index is 1.47. The zero-order valence-corrected chi connectivity index (χ0v) is 13.3. The summed E-state index contributed by atoms with van der Waals surface area (Å²) in [5.41, 5.74) is 0.0532. The molecule has 3 rings (SSSR count). The monoisotopic (exact) mass is 303 g/mol. The lowest BCUT2D eigenvalue weighted by molar-refractivity contribution is -0.122. The van der Waals surface area contributed by atoms with Gasteiger partial charge in [-0.1, -0.05) is 6.92 Å². The van der Waals surface area contributed by atoms with E-state index in [0.29, 0.717) is 6.42 Å². The molecule has 6 nitrogen and oxygen atoms in total. The Bertz CT molecular complexity index is 495. The number of rotatable bonds is 6. The largest absolute Gasteiger partial charge is 0.349 e. The molecule has 2 fully saturated rings. The van der Waals surface area contributed by atoms with Crippen LogP contribution in [0, 0.1) is 0 Å². The van der Waals surface area contributed by atoms with Crippen LogP contribution in [-0.4, -0.2) is 59.0 Å². The molecule has 22 heavy (non-hydrogen) atoms. The van der Waals surface area contributed by atoms with E-state index in [-0.39, 0.29) is 11.4 Å². The highest BCUT2D eigenvalue weighted by atomic mass is 16.1. The average molecular weight is 303 g/mol. The van der Waals surface area contributed by atoms with Crippen molar-refractivity contribution in [3.05, 3.63) is 18.5 Å². The number of anilines is 1. The zero-order valence-electron chi connectivity index (χ0n) is 13.3. The molecule has 0 bridgehead atoms. The van der Waals surface area contributed by atoms with Crippen molar-refractivity contribution < 1.29 is 4.79 Å². The van der Waals surface area contributed by atoms with Gasteiger partial charge in [0.15, 0.2) is 0 Å². The summed E-state index contributed by atoms with van der Waals surface area (Å²) in [5.74, 6) is 1.02. The highest BCUT2D eigenvalue weighted by molar-refractivity contribution is 5.77. The van der Waals surface area contributed by atoms with Crippen LogP contribution in [-0.2, 0) is 4.79 Å². The van der Waals surface area contributed by atoms with Crippen molar-refractivity contribution in [1.82, 2.24) is 20.2 Å². The van der Waals surface area contributed by atoms with Crippen molar-refractivity contribution in [3.63, 3.8) is 0 Å². The lowest BCUT2D eigenvalue weighted by atomic mass is 10.2. The first-order valence-corrected chi connectivity index (χ1v) is 8.26. The highest BCUT2D eigenvalue weighted by Crippen LogP contribution is 2.36. The Morgan fingerprint density at radius 3 is 2.50 bits per heavy atom. The molecule has 1 saturated carbocycles. The summed E-state index contributed by atoms with van der Waals surface area (Å²) in [4.78, 5) is 25.1. The zero-order chi connectivity index (χ0) is 15.4. The van der Waals surface area contributed by atoms with E-state index in [2.05, 4.69) is 25.1 Å². The summed E-state index contributed by atoms with van der Waals surface area (Å²) in [6.45, 7) is 6.93. The van der Waals surface area contributed by atoms with Crippen LogP contribution in [0.3, 0.4) is 0 Å². The van der Waals surface area contributed by atoms with Gasteiger partial charge in [0.2, 0.25) is 11.9 Å². The van der Waals surface area contributed by atoms with Gasteiger partial charge >= 0.3 is 0 Å². The van der Waals surface area contributed by atoms with Crippen LogP contribution in [0.15, 0.2) is 18.5 Å². The van der Waals surface area contributed by atoms with Gasteiger partial charge in [-0.05, 0) is 25.3 Å². The number of hydrogen-bond donors (Lipinski definition) is 1. The van der Waals surface area contributed by atoms with E-state index >= 15 is 0 Å². The number of nitrogens with zero attached hydrogens (tertiary/aromatic N) is 4. The minimum atomic E-state index is 0.0532. The summed E-state index contributed by atoms with van der Waals surface area (Å²) in [6, 6.07) is 1.84. The van der Waals surface area contributed by atoms with Crippen LogP contribution in [0.25, 0.3) is 0 Å². The third-order valence-electron chi connectivity index (χ3n) is 4.47. The Morgan fingerprint density at radius 1 is 1.23 bits per heavy atom. The van der Waals surface area contributed by atoms with Crippen molar-refractivity contribution in [2.45, 2.75) is 38.1 Å². The molecule has 0 unspecified atom stereocenters. The second-order valence-electron chi connectivity index (χ2n) is 6.39. The number of hydrogen-bond acceptors (Lipinski definition) is 5. The maximum Gasteiger partial charge on any atom is 0.225 e. The minimum Gasteiger partial charge on any atom is -0.349 e. The Morgan fingerprint density at radius 2 is 1.91 bits per heavy atom. The van der Waals surface area contributed by atoms with Gasteiger partial charge in [-0.3, -0.25) is 9.69 Å². The molecule has 1 aromatic heterocycles. The fraction of sp³-hybridized carbons (Fsp3) is 0.688. The molecule has 1 N–H and O–H groups in total. The number of carbonyl (C=O) groups is 1. The van der Waals surface area contributed by atoms with Crippen LogP contribution in [0.5, 0.6) is 0 Å². The van der Waals surface area contributed by atoms with E-state index in [9.17, 15) is 4.79 Å². The first kappa shape index (κ1) is 15.2. The summed E-state index contributed by atoms with van der Waals surface area (Å²) >= 11 is 0. The first-order chi connectivity index (χ1) is 10.7. The standard InChI is InChI=1S/C16H25N5O/c1-2-4-14(22)19-16(5-6-16)13-20-9-11-21(12-10-20)15-17-7-3-8-18-15/h3,7-8H,2,4-6,9-13H2,1H3,(H,19,22). The van der Waals surface area contributed by atoms with E-state index in [0.717, 1.165) is 57.9 Å². The number of carbonyl (C=O) groups excluding carboxylic acids is 1.